The van der Waals surface area contributed by atoms with Crippen LogP contribution in [-0.2, 0) is 17.6 Å². The number of aliphatic hydroxyl groups is 1. The summed E-state index contributed by atoms with van der Waals surface area (Å²) >= 11 is 0. The summed E-state index contributed by atoms with van der Waals surface area (Å²) in [4.78, 5) is 15.6. The van der Waals surface area contributed by atoms with Crippen LogP contribution in [0.2, 0.25) is 0 Å². The number of hydrogen-bond donors (Lipinski definition) is 2. The van der Waals surface area contributed by atoms with Crippen molar-refractivity contribution in [1.82, 2.24) is 15.5 Å². The second kappa shape index (κ2) is 7.81. The fourth-order valence-electron chi connectivity index (χ4n) is 1.40. The van der Waals surface area contributed by atoms with E-state index in [9.17, 15) is 9.90 Å². The molecule has 18 heavy (non-hydrogen) atoms. The highest BCUT2D eigenvalue weighted by atomic mass is 16.5. The lowest BCUT2D eigenvalue weighted by atomic mass is 10.2. The van der Waals surface area contributed by atoms with Crippen molar-refractivity contribution in [3.05, 3.63) is 11.7 Å². The van der Waals surface area contributed by atoms with Crippen LogP contribution in [0, 0.1) is 0 Å². The van der Waals surface area contributed by atoms with Gasteiger partial charge >= 0.3 is 0 Å². The molecule has 1 unspecified atom stereocenters. The Bertz CT molecular complexity index is 365. The fourth-order valence-corrected chi connectivity index (χ4v) is 1.40. The molecule has 6 heteroatoms. The van der Waals surface area contributed by atoms with Gasteiger partial charge in [0.05, 0.1) is 6.10 Å². The van der Waals surface area contributed by atoms with Gasteiger partial charge in [0.15, 0.2) is 5.82 Å². The second-order valence-electron chi connectivity index (χ2n) is 4.22. The Kier molecular flexibility index (Phi) is 6.35. The molecule has 2 N–H and O–H groups in total. The van der Waals surface area contributed by atoms with E-state index in [1.807, 2.05) is 13.8 Å². The number of hydrogen-bond acceptors (Lipinski definition) is 5. The number of nitrogens with zero attached hydrogens (tertiary/aromatic N) is 2. The lowest BCUT2D eigenvalue weighted by Crippen LogP contribution is -2.31. The molecular weight excluding hydrogens is 234 g/mol. The van der Waals surface area contributed by atoms with Crippen LogP contribution < -0.4 is 5.32 Å². The first-order chi connectivity index (χ1) is 8.65. The Morgan fingerprint density at radius 1 is 1.44 bits per heavy atom. The molecule has 1 aromatic rings. The molecule has 0 saturated carbocycles. The first-order valence-electron chi connectivity index (χ1n) is 6.41. The highest BCUT2D eigenvalue weighted by Gasteiger charge is 2.09. The molecule has 0 aliphatic heterocycles. The SMILES string of the molecule is CCCc1noc(CCC(=O)NCC(O)CC)n1. The average molecular weight is 255 g/mol. The molecule has 102 valence electrons. The van der Waals surface area contributed by atoms with Gasteiger partial charge < -0.3 is 14.9 Å². The van der Waals surface area contributed by atoms with Crippen molar-refractivity contribution >= 4 is 5.91 Å². The van der Waals surface area contributed by atoms with Crippen molar-refractivity contribution in [2.75, 3.05) is 6.54 Å². The monoisotopic (exact) mass is 255 g/mol. The highest BCUT2D eigenvalue weighted by Crippen LogP contribution is 2.03. The average Bonchev–Trinajstić information content (AvgIpc) is 2.81. The minimum Gasteiger partial charge on any atom is -0.391 e. The Hall–Kier alpha value is -1.43. The minimum absolute atomic E-state index is 0.113. The zero-order chi connectivity index (χ0) is 13.4. The van der Waals surface area contributed by atoms with Crippen LogP contribution >= 0.6 is 0 Å². The molecule has 1 rings (SSSR count). The van der Waals surface area contributed by atoms with Crippen LogP contribution in [-0.4, -0.2) is 33.8 Å². The van der Waals surface area contributed by atoms with Gasteiger partial charge in [0, 0.05) is 25.8 Å². The van der Waals surface area contributed by atoms with E-state index in [2.05, 4.69) is 15.5 Å². The van der Waals surface area contributed by atoms with Crippen molar-refractivity contribution in [1.29, 1.82) is 0 Å². The Labute approximate surface area is 107 Å². The molecule has 6 nitrogen and oxygen atoms in total. The quantitative estimate of drug-likeness (QED) is 0.718. The van der Waals surface area contributed by atoms with Crippen molar-refractivity contribution < 1.29 is 14.4 Å². The largest absolute Gasteiger partial charge is 0.391 e. The van der Waals surface area contributed by atoms with E-state index >= 15 is 0 Å². The van der Waals surface area contributed by atoms with Crippen LogP contribution in [0.25, 0.3) is 0 Å². The van der Waals surface area contributed by atoms with Crippen LogP contribution in [0.15, 0.2) is 4.52 Å². The van der Waals surface area contributed by atoms with Gasteiger partial charge in [-0.3, -0.25) is 4.79 Å². The van der Waals surface area contributed by atoms with Gasteiger partial charge in [0.2, 0.25) is 11.8 Å². The summed E-state index contributed by atoms with van der Waals surface area (Å²) in [6, 6.07) is 0. The number of rotatable bonds is 8. The number of amides is 1. The third kappa shape index (κ3) is 5.27. The number of aromatic nitrogens is 2. The van der Waals surface area contributed by atoms with Gasteiger partial charge in [0.25, 0.3) is 0 Å². The molecule has 0 fully saturated rings. The molecular formula is C12H21N3O3. The number of nitrogens with one attached hydrogen (secondary N) is 1. The number of carbonyl (C=O) groups excluding carboxylic acids is 1. The van der Waals surface area contributed by atoms with Crippen molar-refractivity contribution in [3.63, 3.8) is 0 Å². The third-order valence-corrected chi connectivity index (χ3v) is 2.56. The fraction of sp³-hybridized carbons (Fsp3) is 0.750. The number of aliphatic hydroxyl groups excluding tert-OH is 1. The van der Waals surface area contributed by atoms with E-state index in [0.717, 1.165) is 12.8 Å². The van der Waals surface area contributed by atoms with Crippen molar-refractivity contribution in [2.24, 2.45) is 0 Å². The first kappa shape index (κ1) is 14.6. The maximum Gasteiger partial charge on any atom is 0.227 e. The second-order valence-corrected chi connectivity index (χ2v) is 4.22. The van der Waals surface area contributed by atoms with E-state index in [0.29, 0.717) is 37.5 Å². The van der Waals surface area contributed by atoms with E-state index in [-0.39, 0.29) is 5.91 Å². The standard InChI is InChI=1S/C12H21N3O3/c1-3-5-10-14-12(18-15-10)7-6-11(17)13-8-9(16)4-2/h9,16H,3-8H2,1-2H3,(H,13,17). The van der Waals surface area contributed by atoms with Crippen LogP contribution in [0.5, 0.6) is 0 Å². The molecule has 1 heterocycles. The Morgan fingerprint density at radius 3 is 2.89 bits per heavy atom. The summed E-state index contributed by atoms with van der Waals surface area (Å²) in [5, 5.41) is 15.8. The summed E-state index contributed by atoms with van der Waals surface area (Å²) in [5.74, 6) is 1.07. The van der Waals surface area contributed by atoms with Gasteiger partial charge in [-0.05, 0) is 12.8 Å². The summed E-state index contributed by atoms with van der Waals surface area (Å²) in [6.45, 7) is 4.20. The van der Waals surface area contributed by atoms with Crippen LogP contribution in [0.4, 0.5) is 0 Å². The predicted octanol–water partition coefficient (Wildman–Crippen LogP) is 0.842. The molecule has 0 spiro atoms. The van der Waals surface area contributed by atoms with Crippen molar-refractivity contribution in [3.8, 4) is 0 Å². The molecule has 1 atom stereocenters. The molecule has 0 radical (unpaired) electrons. The Balaban J connectivity index is 2.24. The maximum atomic E-state index is 11.5. The zero-order valence-electron chi connectivity index (χ0n) is 11.0. The predicted molar refractivity (Wildman–Crippen MR) is 65.9 cm³/mol. The van der Waals surface area contributed by atoms with Gasteiger partial charge in [-0.1, -0.05) is 19.0 Å². The summed E-state index contributed by atoms with van der Waals surface area (Å²) < 4.78 is 5.02. The third-order valence-electron chi connectivity index (χ3n) is 2.56. The van der Waals surface area contributed by atoms with E-state index in [4.69, 9.17) is 4.52 Å². The van der Waals surface area contributed by atoms with Gasteiger partial charge in [-0.25, -0.2) is 0 Å². The van der Waals surface area contributed by atoms with Gasteiger partial charge in [-0.2, -0.15) is 4.98 Å². The maximum absolute atomic E-state index is 11.5. The van der Waals surface area contributed by atoms with Gasteiger partial charge in [0.1, 0.15) is 0 Å². The first-order valence-corrected chi connectivity index (χ1v) is 6.41. The van der Waals surface area contributed by atoms with E-state index < -0.39 is 6.10 Å². The molecule has 1 amide bonds. The molecule has 0 saturated heterocycles. The Morgan fingerprint density at radius 2 is 2.22 bits per heavy atom. The molecule has 0 aromatic carbocycles. The number of aryl methyl sites for hydroxylation is 2. The number of carbonyl (C=O) groups is 1. The summed E-state index contributed by atoms with van der Waals surface area (Å²) in [7, 11) is 0. The lowest BCUT2D eigenvalue weighted by Gasteiger charge is -2.08. The minimum atomic E-state index is -0.478. The van der Waals surface area contributed by atoms with Gasteiger partial charge in [-0.15, -0.1) is 0 Å². The normalized spacial score (nSPS) is 12.4. The lowest BCUT2D eigenvalue weighted by molar-refractivity contribution is -0.121. The van der Waals surface area contributed by atoms with Crippen LogP contribution in [0.3, 0.4) is 0 Å². The van der Waals surface area contributed by atoms with E-state index in [1.54, 1.807) is 0 Å². The summed E-state index contributed by atoms with van der Waals surface area (Å²) in [5.41, 5.74) is 0. The van der Waals surface area contributed by atoms with Crippen LogP contribution in [0.1, 0.15) is 44.8 Å². The zero-order valence-corrected chi connectivity index (χ0v) is 11.0. The topological polar surface area (TPSA) is 88.2 Å². The summed E-state index contributed by atoms with van der Waals surface area (Å²) in [6.07, 6.45) is 2.64. The molecule has 1 aromatic heterocycles. The molecule has 0 aliphatic carbocycles. The van der Waals surface area contributed by atoms with E-state index in [1.165, 1.54) is 0 Å². The van der Waals surface area contributed by atoms with Crippen molar-refractivity contribution in [2.45, 2.75) is 52.1 Å². The molecule has 0 aliphatic rings. The highest BCUT2D eigenvalue weighted by molar-refractivity contribution is 5.76. The molecule has 0 bridgehead atoms. The smallest absolute Gasteiger partial charge is 0.227 e.